The van der Waals surface area contributed by atoms with Gasteiger partial charge in [-0.2, -0.15) is 13.2 Å². The summed E-state index contributed by atoms with van der Waals surface area (Å²) >= 11 is 5.94. The van der Waals surface area contributed by atoms with Gasteiger partial charge >= 0.3 is 18.1 Å². The molecule has 0 bridgehead atoms. The number of alkyl halides is 3. The molecule has 1 unspecified atom stereocenters. The Hall–Kier alpha value is -4.26. The fourth-order valence-electron chi connectivity index (χ4n) is 5.08. The van der Waals surface area contributed by atoms with E-state index in [-0.39, 0.29) is 23.6 Å². The van der Waals surface area contributed by atoms with Crippen molar-refractivity contribution in [2.75, 3.05) is 32.8 Å². The van der Waals surface area contributed by atoms with Gasteiger partial charge in [0.1, 0.15) is 12.4 Å². The molecule has 13 heteroatoms. The summed E-state index contributed by atoms with van der Waals surface area (Å²) in [6.45, 7) is 0.832. The van der Waals surface area contributed by atoms with Gasteiger partial charge in [0.25, 0.3) is 5.91 Å². The third kappa shape index (κ3) is 6.41. The molecule has 2 aliphatic heterocycles. The number of hydroxylamine groups is 2. The van der Waals surface area contributed by atoms with Gasteiger partial charge in [-0.3, -0.25) is 15.0 Å². The SMILES string of the molecule is N=C(c1ccc(C[N+]2(OC(=O)C(F)(F)F)C(=O)CN(C(=O)c3ccc(Cl)cc3)Cc3ccccc32)cc1)N1CCOCC1. The minimum Gasteiger partial charge on any atom is -0.378 e. The molecule has 2 aliphatic rings. The van der Waals surface area contributed by atoms with E-state index in [1.54, 1.807) is 36.4 Å². The minimum absolute atomic E-state index is 0.00152. The van der Waals surface area contributed by atoms with Gasteiger partial charge in [0.2, 0.25) is 0 Å². The highest BCUT2D eigenvalue weighted by Gasteiger charge is 2.55. The number of benzene rings is 3. The van der Waals surface area contributed by atoms with Crippen LogP contribution in [0, 0.1) is 5.41 Å². The fourth-order valence-corrected chi connectivity index (χ4v) is 5.21. The summed E-state index contributed by atoms with van der Waals surface area (Å²) in [5.74, 6) is -3.78. The Morgan fingerprint density at radius 3 is 2.19 bits per heavy atom. The highest BCUT2D eigenvalue weighted by Crippen LogP contribution is 2.37. The average Bonchev–Trinajstić information content (AvgIpc) is 3.11. The van der Waals surface area contributed by atoms with E-state index >= 15 is 0 Å². The third-order valence-corrected chi connectivity index (χ3v) is 7.53. The zero-order valence-electron chi connectivity index (χ0n) is 22.8. The van der Waals surface area contributed by atoms with Crippen molar-refractivity contribution in [3.8, 4) is 0 Å². The number of nitrogens with zero attached hydrogens (tertiary/aromatic N) is 3. The topological polar surface area (TPSA) is 100 Å². The van der Waals surface area contributed by atoms with Crippen LogP contribution in [0.1, 0.15) is 27.0 Å². The molecule has 1 atom stereocenters. The van der Waals surface area contributed by atoms with Crippen molar-refractivity contribution < 1.29 is 37.1 Å². The molecule has 1 N–H and O–H groups in total. The average molecular weight is 616 g/mol. The maximum Gasteiger partial charge on any atom is 0.497 e. The molecule has 1 saturated heterocycles. The van der Waals surface area contributed by atoms with E-state index in [1.165, 1.54) is 41.3 Å². The smallest absolute Gasteiger partial charge is 0.378 e. The van der Waals surface area contributed by atoms with Crippen molar-refractivity contribution in [3.63, 3.8) is 0 Å². The maximum atomic E-state index is 14.0. The molecular formula is C30H27ClF3N4O5+. The molecule has 2 amide bonds. The van der Waals surface area contributed by atoms with Crippen LogP contribution >= 0.6 is 11.6 Å². The summed E-state index contributed by atoms with van der Waals surface area (Å²) in [6, 6.07) is 18.5. The van der Waals surface area contributed by atoms with Gasteiger partial charge < -0.3 is 14.5 Å². The molecule has 3 aromatic rings. The molecule has 43 heavy (non-hydrogen) atoms. The Morgan fingerprint density at radius 2 is 1.53 bits per heavy atom. The summed E-state index contributed by atoms with van der Waals surface area (Å²) in [4.78, 5) is 47.9. The summed E-state index contributed by atoms with van der Waals surface area (Å²) in [6.07, 6.45) is -5.39. The van der Waals surface area contributed by atoms with Crippen LogP contribution in [0.5, 0.6) is 0 Å². The molecule has 0 spiro atoms. The number of hydrogen-bond acceptors (Lipinski definition) is 6. The van der Waals surface area contributed by atoms with Gasteiger partial charge in [0.05, 0.1) is 19.8 Å². The zero-order valence-corrected chi connectivity index (χ0v) is 23.5. The predicted molar refractivity (Wildman–Crippen MR) is 151 cm³/mol. The second kappa shape index (κ2) is 12.2. The molecule has 3 aromatic carbocycles. The summed E-state index contributed by atoms with van der Waals surface area (Å²) < 4.78 is 44.6. The molecule has 0 aromatic heterocycles. The van der Waals surface area contributed by atoms with Crippen LogP contribution in [-0.2, 0) is 32.3 Å². The van der Waals surface area contributed by atoms with E-state index in [2.05, 4.69) is 0 Å². The molecule has 224 valence electrons. The standard InChI is InChI=1S/C30H27ClF3N4O5/c31-24-11-9-22(10-12-24)28(40)37-17-23-3-1-2-4-25(23)38(26(39)18-37,43-29(41)30(32,33)34)19-20-5-7-21(8-6-20)27(35)36-13-15-42-16-14-36/h1-12,35H,13-19H2/q+1. The predicted octanol–water partition coefficient (Wildman–Crippen LogP) is 4.71. The van der Waals surface area contributed by atoms with Crippen molar-refractivity contribution in [1.82, 2.24) is 14.4 Å². The molecule has 5 rings (SSSR count). The lowest BCUT2D eigenvalue weighted by molar-refractivity contribution is -0.235. The number of morpholine rings is 1. The Bertz CT molecular complexity index is 1540. The van der Waals surface area contributed by atoms with Gasteiger partial charge in [-0.25, -0.2) is 9.59 Å². The highest BCUT2D eigenvalue weighted by molar-refractivity contribution is 6.30. The number of hydrogen-bond donors (Lipinski definition) is 1. The van der Waals surface area contributed by atoms with Crippen molar-refractivity contribution in [2.24, 2.45) is 0 Å². The first-order chi connectivity index (χ1) is 20.5. The first kappa shape index (κ1) is 30.2. The monoisotopic (exact) mass is 615 g/mol. The number of halogens is 4. The molecular weight excluding hydrogens is 589 g/mol. The summed E-state index contributed by atoms with van der Waals surface area (Å²) in [5, 5.41) is 8.92. The van der Waals surface area contributed by atoms with Crippen LogP contribution in [0.4, 0.5) is 18.9 Å². The van der Waals surface area contributed by atoms with Crippen molar-refractivity contribution in [2.45, 2.75) is 19.3 Å². The number of carbonyl (C=O) groups excluding carboxylic acids is 3. The van der Waals surface area contributed by atoms with Crippen molar-refractivity contribution in [1.29, 1.82) is 5.41 Å². The number of carbonyl (C=O) groups is 3. The Kier molecular flexibility index (Phi) is 8.54. The number of fused-ring (bicyclic) bond motifs is 1. The van der Waals surface area contributed by atoms with E-state index in [4.69, 9.17) is 26.6 Å². The summed E-state index contributed by atoms with van der Waals surface area (Å²) in [7, 11) is 0. The number of ether oxygens (including phenoxy) is 1. The lowest BCUT2D eigenvalue weighted by atomic mass is 10.1. The maximum absolute atomic E-state index is 14.0. The van der Waals surface area contributed by atoms with Gasteiger partial charge in [-0.05, 0) is 28.9 Å². The number of para-hydroxylation sites is 1. The zero-order chi connectivity index (χ0) is 30.8. The normalized spacial score (nSPS) is 18.9. The summed E-state index contributed by atoms with van der Waals surface area (Å²) in [5.41, 5.74) is 1.49. The molecule has 0 saturated carbocycles. The van der Waals surface area contributed by atoms with E-state index < -0.39 is 41.7 Å². The second-order valence-corrected chi connectivity index (χ2v) is 10.5. The van der Waals surface area contributed by atoms with Crippen LogP contribution in [0.15, 0.2) is 72.8 Å². The number of nitrogens with one attached hydrogen (secondary N) is 1. The van der Waals surface area contributed by atoms with Crippen molar-refractivity contribution in [3.05, 3.63) is 100 Å². The largest absolute Gasteiger partial charge is 0.497 e. The second-order valence-electron chi connectivity index (χ2n) is 10.1. The molecule has 0 aliphatic carbocycles. The van der Waals surface area contributed by atoms with E-state index in [1.807, 2.05) is 4.90 Å². The lowest BCUT2D eigenvalue weighted by Crippen LogP contribution is -2.58. The first-order valence-electron chi connectivity index (χ1n) is 13.3. The van der Waals surface area contributed by atoms with Crippen molar-refractivity contribution >= 4 is 40.9 Å². The van der Waals surface area contributed by atoms with Gasteiger partial charge in [-0.15, -0.1) is 0 Å². The Balaban J connectivity index is 1.53. The van der Waals surface area contributed by atoms with Gasteiger partial charge in [-0.1, -0.05) is 54.1 Å². The quantitative estimate of drug-likeness (QED) is 0.254. The Morgan fingerprint density at radius 1 is 0.907 bits per heavy atom. The van der Waals surface area contributed by atoms with Crippen LogP contribution in [0.25, 0.3) is 0 Å². The number of amidine groups is 1. The molecule has 2 heterocycles. The first-order valence-corrected chi connectivity index (χ1v) is 13.7. The third-order valence-electron chi connectivity index (χ3n) is 7.28. The van der Waals surface area contributed by atoms with Crippen LogP contribution < -0.4 is 4.65 Å². The van der Waals surface area contributed by atoms with Crippen LogP contribution in [-0.4, -0.2) is 72.4 Å². The number of amides is 2. The highest BCUT2D eigenvalue weighted by atomic mass is 35.5. The van der Waals surface area contributed by atoms with E-state index in [0.29, 0.717) is 48.0 Å². The molecule has 1 fully saturated rings. The van der Waals surface area contributed by atoms with Crippen LogP contribution in [0.2, 0.25) is 5.02 Å². The Labute approximate surface area is 250 Å². The van der Waals surface area contributed by atoms with Gasteiger partial charge in [0.15, 0.2) is 12.2 Å². The minimum atomic E-state index is -5.39. The van der Waals surface area contributed by atoms with Crippen LogP contribution in [0.3, 0.4) is 0 Å². The number of quaternary nitrogens is 1. The van der Waals surface area contributed by atoms with Gasteiger partial charge in [0, 0.05) is 46.4 Å². The molecule has 9 nitrogen and oxygen atoms in total. The lowest BCUT2D eigenvalue weighted by Gasteiger charge is -2.32. The van der Waals surface area contributed by atoms with E-state index in [0.717, 1.165) is 0 Å². The molecule has 0 radical (unpaired) electrons. The number of rotatable bonds is 5. The fraction of sp³-hybridized carbons (Fsp3) is 0.267. The van der Waals surface area contributed by atoms with E-state index in [9.17, 15) is 27.6 Å².